The molecule has 1 saturated carbocycles. The molecule has 2 amide bonds. The van der Waals surface area contributed by atoms with Crippen molar-refractivity contribution in [3.05, 3.63) is 80.9 Å². The average Bonchev–Trinajstić information content (AvgIpc) is 3.62. The number of hydrogen-bond acceptors (Lipinski definition) is 6. The molecule has 2 aromatic carbocycles. The number of halogens is 2. The second-order valence-electron chi connectivity index (χ2n) is 13.3. The lowest BCUT2D eigenvalue weighted by Gasteiger charge is -2.29. The molecule has 0 saturated heterocycles. The van der Waals surface area contributed by atoms with Crippen molar-refractivity contribution in [1.29, 1.82) is 0 Å². The fourth-order valence-electron chi connectivity index (χ4n) is 7.51. The molecule has 0 bridgehead atoms. The normalized spacial score (nSPS) is 16.8. The van der Waals surface area contributed by atoms with E-state index < -0.39 is 0 Å². The van der Waals surface area contributed by atoms with Crippen molar-refractivity contribution >= 4 is 46.4 Å². The van der Waals surface area contributed by atoms with Gasteiger partial charge in [-0.3, -0.25) is 14.5 Å². The first-order valence-corrected chi connectivity index (χ1v) is 17.8. The van der Waals surface area contributed by atoms with Crippen LogP contribution in [0, 0.1) is 5.92 Å². The van der Waals surface area contributed by atoms with Gasteiger partial charge in [0.2, 0.25) is 0 Å². The third-order valence-corrected chi connectivity index (χ3v) is 11.0. The zero-order valence-electron chi connectivity index (χ0n) is 27.5. The first-order valence-electron chi connectivity index (χ1n) is 17.0. The van der Waals surface area contributed by atoms with Gasteiger partial charge in [-0.15, -0.1) is 0 Å². The predicted octanol–water partition coefficient (Wildman–Crippen LogP) is 6.61. The molecule has 10 nitrogen and oxygen atoms in total. The molecule has 2 aliphatic heterocycles. The Kier molecular flexibility index (Phi) is 9.60. The summed E-state index contributed by atoms with van der Waals surface area (Å²) in [7, 11) is 3.77. The van der Waals surface area contributed by atoms with Gasteiger partial charge in [-0.05, 0) is 31.0 Å². The molecule has 12 heteroatoms. The Morgan fingerprint density at radius 1 is 0.833 bits per heavy atom. The number of carbonyl (C=O) groups is 2. The van der Waals surface area contributed by atoms with Gasteiger partial charge in [0.15, 0.2) is 11.6 Å². The summed E-state index contributed by atoms with van der Waals surface area (Å²) in [5.41, 5.74) is 6.18. The molecule has 3 N–H and O–H groups in total. The van der Waals surface area contributed by atoms with Crippen LogP contribution in [0.3, 0.4) is 0 Å². The van der Waals surface area contributed by atoms with Crippen molar-refractivity contribution in [2.75, 3.05) is 30.3 Å². The fourth-order valence-corrected chi connectivity index (χ4v) is 8.06. The van der Waals surface area contributed by atoms with Gasteiger partial charge in [0, 0.05) is 75.6 Å². The number of imidazole rings is 2. The summed E-state index contributed by atoms with van der Waals surface area (Å²) in [5.74, 6) is 0.875. The van der Waals surface area contributed by atoms with E-state index in [4.69, 9.17) is 28.2 Å². The molecule has 7 rings (SSSR count). The van der Waals surface area contributed by atoms with Gasteiger partial charge in [-0.1, -0.05) is 79.6 Å². The minimum atomic E-state index is -0.344. The topological polar surface area (TPSA) is 109 Å². The number of anilines is 2. The molecule has 0 spiro atoms. The Balaban J connectivity index is 1.05. The molecule has 1 aliphatic carbocycles. The van der Waals surface area contributed by atoms with E-state index in [1.165, 1.54) is 38.5 Å². The maximum absolute atomic E-state index is 13.6. The highest BCUT2D eigenvalue weighted by Crippen LogP contribution is 2.40. The second-order valence-corrected chi connectivity index (χ2v) is 14.0. The Bertz CT molecular complexity index is 1860. The number of amides is 2. The summed E-state index contributed by atoms with van der Waals surface area (Å²) < 4.78 is 3.76. The highest BCUT2D eigenvalue weighted by atomic mass is 35.5. The van der Waals surface area contributed by atoms with Crippen LogP contribution in [0.2, 0.25) is 10.0 Å². The van der Waals surface area contributed by atoms with E-state index in [1.807, 2.05) is 47.5 Å². The number of hydrogen-bond donors (Lipinski definition) is 3. The van der Waals surface area contributed by atoms with Crippen LogP contribution in [0.25, 0.3) is 11.1 Å². The Morgan fingerprint density at radius 2 is 1.42 bits per heavy atom. The third-order valence-electron chi connectivity index (χ3n) is 10.2. The fraction of sp³-hybridized carbons (Fsp3) is 0.444. The van der Waals surface area contributed by atoms with Gasteiger partial charge in [0.05, 0.1) is 32.8 Å². The van der Waals surface area contributed by atoms with Gasteiger partial charge in [-0.2, -0.15) is 0 Å². The van der Waals surface area contributed by atoms with Crippen LogP contribution in [-0.2, 0) is 40.0 Å². The van der Waals surface area contributed by atoms with Crippen LogP contribution in [0.1, 0.15) is 82.5 Å². The molecular weight excluding hydrogens is 647 g/mol. The molecule has 0 unspecified atom stereocenters. The Hall–Kier alpha value is -3.70. The van der Waals surface area contributed by atoms with E-state index in [9.17, 15) is 9.59 Å². The lowest BCUT2D eigenvalue weighted by atomic mass is 9.87. The maximum Gasteiger partial charge on any atom is 0.291 e. The van der Waals surface area contributed by atoms with E-state index in [-0.39, 0.29) is 11.8 Å². The standard InChI is InChI=1S/C36H42Cl2N8O2/c1-44-29-14-17-39-20-27(29)40-33(44)35(47)42-25-12-6-10-23(31(25)37)24-11-7-13-26(32(24)38)43-36(48)34-41-28-21-46(19-16-30(28)45(34)2)18-15-22-8-4-3-5-9-22/h6-7,10-13,22,39H,3-5,8-9,14-21H2,1-2H3,(H,42,47)(H,43,48). The maximum atomic E-state index is 13.6. The van der Waals surface area contributed by atoms with Crippen LogP contribution in [0.15, 0.2) is 36.4 Å². The first-order chi connectivity index (χ1) is 23.3. The summed E-state index contributed by atoms with van der Waals surface area (Å²) in [4.78, 5) is 38.7. The first kappa shape index (κ1) is 32.8. The van der Waals surface area contributed by atoms with E-state index >= 15 is 0 Å². The molecule has 252 valence electrons. The van der Waals surface area contributed by atoms with Crippen molar-refractivity contribution in [3.8, 4) is 11.1 Å². The zero-order chi connectivity index (χ0) is 33.4. The zero-order valence-corrected chi connectivity index (χ0v) is 29.1. The molecule has 4 heterocycles. The monoisotopic (exact) mass is 688 g/mol. The second kappa shape index (κ2) is 14.0. The number of carbonyl (C=O) groups excluding carboxylic acids is 2. The summed E-state index contributed by atoms with van der Waals surface area (Å²) in [6.07, 6.45) is 9.76. The van der Waals surface area contributed by atoms with Gasteiger partial charge in [0.1, 0.15) is 0 Å². The van der Waals surface area contributed by atoms with E-state index in [2.05, 4.69) is 25.8 Å². The largest absolute Gasteiger partial charge is 0.327 e. The number of benzene rings is 2. The number of nitrogens with one attached hydrogen (secondary N) is 3. The molecule has 2 aromatic heterocycles. The Labute approximate surface area is 291 Å². The van der Waals surface area contributed by atoms with Crippen molar-refractivity contribution in [3.63, 3.8) is 0 Å². The molecule has 0 radical (unpaired) electrons. The van der Waals surface area contributed by atoms with Crippen molar-refractivity contribution in [2.45, 2.75) is 64.5 Å². The molecule has 3 aliphatic rings. The van der Waals surface area contributed by atoms with Crippen molar-refractivity contribution in [1.82, 2.24) is 29.3 Å². The van der Waals surface area contributed by atoms with Crippen LogP contribution < -0.4 is 16.0 Å². The number of aromatic nitrogens is 4. The van der Waals surface area contributed by atoms with Crippen LogP contribution in [-0.4, -0.2) is 55.5 Å². The van der Waals surface area contributed by atoms with Gasteiger partial charge >= 0.3 is 0 Å². The molecule has 1 fully saturated rings. The molecule has 0 atom stereocenters. The summed E-state index contributed by atoms with van der Waals surface area (Å²) in [5, 5.41) is 9.88. The summed E-state index contributed by atoms with van der Waals surface area (Å²) in [6.45, 7) is 4.32. The van der Waals surface area contributed by atoms with Crippen LogP contribution in [0.4, 0.5) is 11.4 Å². The van der Waals surface area contributed by atoms with E-state index in [0.29, 0.717) is 50.7 Å². The van der Waals surface area contributed by atoms with E-state index in [1.54, 1.807) is 12.1 Å². The smallest absolute Gasteiger partial charge is 0.291 e. The van der Waals surface area contributed by atoms with Crippen LogP contribution >= 0.6 is 23.2 Å². The lowest BCUT2D eigenvalue weighted by molar-refractivity contribution is 0.100. The number of nitrogens with zero attached hydrogens (tertiary/aromatic N) is 5. The molecule has 4 aromatic rings. The van der Waals surface area contributed by atoms with Gasteiger partial charge in [0.25, 0.3) is 11.8 Å². The van der Waals surface area contributed by atoms with Crippen molar-refractivity contribution < 1.29 is 9.59 Å². The minimum absolute atomic E-state index is 0.320. The highest BCUT2D eigenvalue weighted by molar-refractivity contribution is 6.40. The minimum Gasteiger partial charge on any atom is -0.327 e. The lowest BCUT2D eigenvalue weighted by Crippen LogP contribution is -2.33. The molecular formula is C36H42Cl2N8O2. The number of rotatable bonds is 8. The van der Waals surface area contributed by atoms with Gasteiger partial charge in [-0.25, -0.2) is 9.97 Å². The SMILES string of the molecule is Cn1c(C(=O)Nc2cccc(-c3cccc(NC(=O)c4nc5c(n4C)CCN(CCC4CCCCC4)C5)c3Cl)c2Cl)nc2c1CCNC2. The summed E-state index contributed by atoms with van der Waals surface area (Å²) in [6, 6.07) is 10.8. The van der Waals surface area contributed by atoms with Gasteiger partial charge < -0.3 is 25.1 Å². The number of fused-ring (bicyclic) bond motifs is 2. The Morgan fingerprint density at radius 3 is 2.02 bits per heavy atom. The average molecular weight is 690 g/mol. The highest BCUT2D eigenvalue weighted by Gasteiger charge is 2.27. The van der Waals surface area contributed by atoms with Crippen LogP contribution in [0.5, 0.6) is 0 Å². The van der Waals surface area contributed by atoms with Crippen molar-refractivity contribution in [2.24, 2.45) is 20.0 Å². The summed E-state index contributed by atoms with van der Waals surface area (Å²) >= 11 is 13.8. The quantitative estimate of drug-likeness (QED) is 0.192. The predicted molar refractivity (Wildman–Crippen MR) is 190 cm³/mol. The van der Waals surface area contributed by atoms with E-state index in [0.717, 1.165) is 67.7 Å². The molecule has 48 heavy (non-hydrogen) atoms. The third kappa shape index (κ3) is 6.51.